The molecule has 0 fully saturated rings. The minimum absolute atomic E-state index is 0.0613. The molecule has 154 valence electrons. The van der Waals surface area contributed by atoms with Gasteiger partial charge in [0.2, 0.25) is 5.50 Å². The van der Waals surface area contributed by atoms with Crippen molar-refractivity contribution < 1.29 is 31.8 Å². The summed E-state index contributed by atoms with van der Waals surface area (Å²) < 4.78 is 55.2. The summed E-state index contributed by atoms with van der Waals surface area (Å²) in [5.74, 6) is -2.33. The van der Waals surface area contributed by atoms with E-state index in [9.17, 15) is 17.6 Å². The third kappa shape index (κ3) is 3.24. The molecule has 12 heteroatoms. The zero-order chi connectivity index (χ0) is 21.3. The summed E-state index contributed by atoms with van der Waals surface area (Å²) in [6, 6.07) is 4.23. The van der Waals surface area contributed by atoms with Gasteiger partial charge in [0, 0.05) is 5.56 Å². The number of anilines is 1. The zero-order valence-corrected chi connectivity index (χ0v) is 16.5. The van der Waals surface area contributed by atoms with Crippen molar-refractivity contribution in [1.82, 2.24) is 15.0 Å². The third-order valence-corrected chi connectivity index (χ3v) is 5.80. The Bertz CT molecular complexity index is 1060. The van der Waals surface area contributed by atoms with Crippen LogP contribution in [0.15, 0.2) is 30.9 Å². The molecule has 2 atom stereocenters. The molecule has 1 aromatic carbocycles. The van der Waals surface area contributed by atoms with Crippen LogP contribution >= 0.6 is 0 Å². The Labute approximate surface area is 166 Å². The van der Waals surface area contributed by atoms with E-state index in [-0.39, 0.29) is 34.8 Å². The van der Waals surface area contributed by atoms with Crippen LogP contribution in [-0.4, -0.2) is 56.1 Å². The molecule has 1 aliphatic heterocycles. The van der Waals surface area contributed by atoms with Crippen molar-refractivity contribution >= 4 is 21.6 Å². The quantitative estimate of drug-likeness (QED) is 0.603. The molecule has 2 aromatic rings. The molecule has 0 spiro atoms. The van der Waals surface area contributed by atoms with Crippen molar-refractivity contribution in [3.05, 3.63) is 42.2 Å². The SMILES string of the molecule is C=CC(F)S(=O)(=O)N1C(=O)C(c2nc(OC)nc(OC)n2)c2cccc(OC)c21. The number of ether oxygens (including phenoxy) is 3. The predicted octanol–water partition coefficient (Wildman–Crippen LogP) is 1.19. The summed E-state index contributed by atoms with van der Waals surface area (Å²) in [7, 11) is -0.859. The lowest BCUT2D eigenvalue weighted by Gasteiger charge is -2.20. The molecule has 10 nitrogen and oxygen atoms in total. The second-order valence-electron chi connectivity index (χ2n) is 5.73. The number of nitrogens with zero attached hydrogens (tertiary/aromatic N) is 4. The summed E-state index contributed by atoms with van der Waals surface area (Å²) in [5.41, 5.74) is -2.41. The van der Waals surface area contributed by atoms with Gasteiger partial charge in [-0.3, -0.25) is 4.79 Å². The number of carbonyl (C=O) groups is 1. The Kier molecular flexibility index (Phi) is 5.38. The van der Waals surface area contributed by atoms with Gasteiger partial charge in [-0.25, -0.2) is 12.8 Å². The van der Waals surface area contributed by atoms with Crippen LogP contribution in [0.5, 0.6) is 17.8 Å². The molecule has 1 amide bonds. The largest absolute Gasteiger partial charge is 0.495 e. The Morgan fingerprint density at radius 1 is 1.14 bits per heavy atom. The van der Waals surface area contributed by atoms with Crippen molar-refractivity contribution in [3.63, 3.8) is 0 Å². The molecule has 3 rings (SSSR count). The van der Waals surface area contributed by atoms with Crippen LogP contribution in [0.4, 0.5) is 10.1 Å². The summed E-state index contributed by atoms with van der Waals surface area (Å²) in [4.78, 5) is 25.2. The Hall–Kier alpha value is -3.28. The van der Waals surface area contributed by atoms with E-state index in [0.717, 1.165) is 0 Å². The van der Waals surface area contributed by atoms with E-state index in [1.54, 1.807) is 6.07 Å². The van der Waals surface area contributed by atoms with Crippen molar-refractivity contribution in [2.24, 2.45) is 0 Å². The maximum atomic E-state index is 14.2. The first-order valence-corrected chi connectivity index (χ1v) is 9.65. The van der Waals surface area contributed by atoms with E-state index in [2.05, 4.69) is 21.5 Å². The van der Waals surface area contributed by atoms with Gasteiger partial charge in [-0.05, 0) is 12.1 Å². The lowest BCUT2D eigenvalue weighted by Crippen LogP contribution is -2.40. The van der Waals surface area contributed by atoms with Crippen molar-refractivity contribution in [2.75, 3.05) is 25.6 Å². The van der Waals surface area contributed by atoms with Crippen LogP contribution in [0.3, 0.4) is 0 Å². The molecule has 0 aliphatic carbocycles. The normalized spacial score (nSPS) is 16.9. The third-order valence-electron chi connectivity index (χ3n) is 4.17. The van der Waals surface area contributed by atoms with Gasteiger partial charge < -0.3 is 14.2 Å². The number of amides is 1. The molecule has 0 radical (unpaired) electrons. The van der Waals surface area contributed by atoms with Gasteiger partial charge in [0.15, 0.2) is 5.82 Å². The molecular weight excluding hydrogens is 407 g/mol. The van der Waals surface area contributed by atoms with Crippen LogP contribution in [-0.2, 0) is 14.8 Å². The first-order chi connectivity index (χ1) is 13.8. The fraction of sp³-hybridized carbons (Fsp3) is 0.294. The number of aromatic nitrogens is 3. The molecule has 0 saturated heterocycles. The molecule has 0 N–H and O–H groups in total. The topological polar surface area (TPSA) is 121 Å². The van der Waals surface area contributed by atoms with Crippen LogP contribution in [0, 0.1) is 0 Å². The molecule has 2 unspecified atom stereocenters. The number of benzene rings is 1. The minimum atomic E-state index is -4.77. The van der Waals surface area contributed by atoms with Crippen LogP contribution < -0.4 is 18.5 Å². The van der Waals surface area contributed by atoms with Gasteiger partial charge >= 0.3 is 12.0 Å². The van der Waals surface area contributed by atoms with Gasteiger partial charge in [0.05, 0.1) is 21.3 Å². The van der Waals surface area contributed by atoms with Crippen LogP contribution in [0.1, 0.15) is 17.3 Å². The molecule has 1 aliphatic rings. The van der Waals surface area contributed by atoms with Crippen LogP contribution in [0.25, 0.3) is 0 Å². The first kappa shape index (κ1) is 20.5. The monoisotopic (exact) mass is 424 g/mol. The number of methoxy groups -OCH3 is 3. The van der Waals surface area contributed by atoms with Gasteiger partial charge in [0.25, 0.3) is 15.9 Å². The molecule has 2 heterocycles. The smallest absolute Gasteiger partial charge is 0.322 e. The van der Waals surface area contributed by atoms with Gasteiger partial charge in [-0.2, -0.15) is 14.3 Å². The lowest BCUT2D eigenvalue weighted by atomic mass is 9.99. The first-order valence-electron chi connectivity index (χ1n) is 8.15. The van der Waals surface area contributed by atoms with E-state index >= 15 is 0 Å². The van der Waals surface area contributed by atoms with E-state index < -0.39 is 27.4 Å². The number of hydrogen-bond acceptors (Lipinski definition) is 9. The lowest BCUT2D eigenvalue weighted by molar-refractivity contribution is -0.117. The summed E-state index contributed by atoms with van der Waals surface area (Å²) >= 11 is 0. The van der Waals surface area contributed by atoms with E-state index in [4.69, 9.17) is 14.2 Å². The van der Waals surface area contributed by atoms with E-state index in [1.165, 1.54) is 33.5 Å². The predicted molar refractivity (Wildman–Crippen MR) is 99.3 cm³/mol. The summed E-state index contributed by atoms with van der Waals surface area (Å²) in [5, 5.41) is 0. The standard InChI is InChI=1S/C17H17FN4O6S/c1-5-11(18)29(24,25)22-13-9(7-6-8-10(13)26-2)12(15(22)23)14-19-16(27-3)21-17(20-14)28-4/h5-8,11-12H,1H2,2-4H3. The second-order valence-corrected chi connectivity index (χ2v) is 7.58. The highest BCUT2D eigenvalue weighted by molar-refractivity contribution is 7.94. The molecule has 0 saturated carbocycles. The fourth-order valence-corrected chi connectivity index (χ4v) is 4.15. The maximum absolute atomic E-state index is 14.2. The number of alkyl halides is 1. The number of sulfonamides is 1. The number of halogens is 1. The molecule has 1 aromatic heterocycles. The number of fused-ring (bicyclic) bond motifs is 1. The van der Waals surface area contributed by atoms with Gasteiger partial charge in [-0.15, -0.1) is 4.98 Å². The molecular formula is C17H17FN4O6S. The van der Waals surface area contributed by atoms with E-state index in [1.807, 2.05) is 0 Å². The average molecular weight is 424 g/mol. The van der Waals surface area contributed by atoms with Gasteiger partial charge in [0.1, 0.15) is 17.4 Å². The van der Waals surface area contributed by atoms with Crippen molar-refractivity contribution in [3.8, 4) is 17.8 Å². The Morgan fingerprint density at radius 2 is 1.76 bits per heavy atom. The van der Waals surface area contributed by atoms with E-state index in [0.29, 0.717) is 10.4 Å². The number of para-hydroxylation sites is 1. The highest BCUT2D eigenvalue weighted by Gasteiger charge is 2.49. The van der Waals surface area contributed by atoms with Crippen LogP contribution in [0.2, 0.25) is 0 Å². The van der Waals surface area contributed by atoms with Crippen molar-refractivity contribution in [1.29, 1.82) is 0 Å². The molecule has 0 bridgehead atoms. The highest BCUT2D eigenvalue weighted by Crippen LogP contribution is 2.47. The summed E-state index contributed by atoms with van der Waals surface area (Å²) in [6.45, 7) is 3.16. The number of rotatable bonds is 7. The number of carbonyl (C=O) groups excluding carboxylic acids is 1. The minimum Gasteiger partial charge on any atom is -0.495 e. The fourth-order valence-electron chi connectivity index (χ4n) is 2.90. The van der Waals surface area contributed by atoms with Gasteiger partial charge in [-0.1, -0.05) is 18.7 Å². The zero-order valence-electron chi connectivity index (χ0n) is 15.7. The Balaban J connectivity index is 2.28. The summed E-state index contributed by atoms with van der Waals surface area (Å²) in [6.07, 6.45) is 0.583. The highest BCUT2D eigenvalue weighted by atomic mass is 32.2. The number of hydrogen-bond donors (Lipinski definition) is 0. The average Bonchev–Trinajstić information content (AvgIpc) is 3.04. The molecule has 29 heavy (non-hydrogen) atoms. The second kappa shape index (κ2) is 7.62. The maximum Gasteiger partial charge on any atom is 0.322 e. The Morgan fingerprint density at radius 3 is 2.28 bits per heavy atom. The van der Waals surface area contributed by atoms with Crippen molar-refractivity contribution in [2.45, 2.75) is 11.4 Å².